The van der Waals surface area contributed by atoms with Gasteiger partial charge in [0.25, 0.3) is 11.5 Å². The van der Waals surface area contributed by atoms with Crippen molar-refractivity contribution in [1.82, 2.24) is 9.78 Å². The van der Waals surface area contributed by atoms with Crippen LogP contribution >= 0.6 is 0 Å². The van der Waals surface area contributed by atoms with Crippen molar-refractivity contribution >= 4 is 35.6 Å². The third kappa shape index (κ3) is 5.26. The van der Waals surface area contributed by atoms with E-state index in [0.29, 0.717) is 23.2 Å². The smallest absolute Gasteiger partial charge is 0.279 e. The number of ether oxygens (including phenoxy) is 3. The molecule has 7 rings (SSSR count). The van der Waals surface area contributed by atoms with Crippen molar-refractivity contribution in [2.75, 3.05) is 25.7 Å². The first-order valence-electron chi connectivity index (χ1n) is 16.6. The van der Waals surface area contributed by atoms with E-state index in [2.05, 4.69) is 37.2 Å². The van der Waals surface area contributed by atoms with Gasteiger partial charge in [-0.3, -0.25) is 9.59 Å². The number of anilines is 1. The Balaban J connectivity index is 1.29. The fraction of sp³-hybridized carbons (Fsp3) is 0.308. The van der Waals surface area contributed by atoms with Gasteiger partial charge in [-0.1, -0.05) is 67.7 Å². The van der Waals surface area contributed by atoms with Gasteiger partial charge in [0, 0.05) is 23.5 Å². The van der Waals surface area contributed by atoms with Crippen molar-refractivity contribution in [3.05, 3.63) is 119 Å². The fourth-order valence-corrected chi connectivity index (χ4v) is 12.3. The Morgan fingerprint density at radius 3 is 2.39 bits per heavy atom. The lowest BCUT2D eigenvalue weighted by molar-refractivity contribution is -0.146. The van der Waals surface area contributed by atoms with Crippen LogP contribution in [0.2, 0.25) is 18.6 Å². The number of aliphatic hydroxyl groups excluding tert-OH is 1. The summed E-state index contributed by atoms with van der Waals surface area (Å²) in [7, 11) is 0.965. The van der Waals surface area contributed by atoms with Crippen molar-refractivity contribution in [2.24, 2.45) is 5.92 Å². The number of hydrogen-bond donors (Lipinski definition) is 1. The van der Waals surface area contributed by atoms with E-state index < -0.39 is 13.7 Å². The molecule has 0 bridgehead atoms. The molecule has 252 valence electrons. The van der Waals surface area contributed by atoms with Crippen LogP contribution in [0.5, 0.6) is 11.5 Å². The Hall–Kier alpha value is -4.77. The molecule has 2 aliphatic rings. The number of amides is 1. The van der Waals surface area contributed by atoms with Gasteiger partial charge in [-0.05, 0) is 66.1 Å². The Labute approximate surface area is 286 Å². The number of carbonyl (C=O) groups is 1. The summed E-state index contributed by atoms with van der Waals surface area (Å²) in [5, 5.41) is 17.3. The zero-order valence-electron chi connectivity index (χ0n) is 28.4. The van der Waals surface area contributed by atoms with E-state index in [-0.39, 0.29) is 42.2 Å². The summed E-state index contributed by atoms with van der Waals surface area (Å²) in [6.07, 6.45) is 1.78. The predicted molar refractivity (Wildman–Crippen MR) is 193 cm³/mol. The van der Waals surface area contributed by atoms with Crippen LogP contribution in [0.1, 0.15) is 24.5 Å². The molecule has 10 heteroatoms. The number of hydrogen-bond acceptors (Lipinski definition) is 7. The van der Waals surface area contributed by atoms with Gasteiger partial charge in [0.15, 0.2) is 5.60 Å². The summed E-state index contributed by atoms with van der Waals surface area (Å²) in [4.78, 5) is 30.2. The molecule has 5 aromatic rings. The quantitative estimate of drug-likeness (QED) is 0.205. The van der Waals surface area contributed by atoms with Gasteiger partial charge in [0.2, 0.25) is 0 Å². The monoisotopic (exact) mass is 675 g/mol. The van der Waals surface area contributed by atoms with E-state index in [1.165, 1.54) is 9.87 Å². The number of carbonyl (C=O) groups excluding carboxylic acids is 1. The maximum absolute atomic E-state index is 15.0. The molecule has 49 heavy (non-hydrogen) atoms. The van der Waals surface area contributed by atoms with Crippen LogP contribution in [0.3, 0.4) is 0 Å². The zero-order valence-corrected chi connectivity index (χ0v) is 29.4. The second kappa shape index (κ2) is 12.6. The van der Waals surface area contributed by atoms with Gasteiger partial charge in [-0.15, -0.1) is 0 Å². The maximum Gasteiger partial charge on any atom is 0.279 e. The minimum atomic E-state index is -2.31. The van der Waals surface area contributed by atoms with Crippen LogP contribution in [0.15, 0.2) is 102 Å². The van der Waals surface area contributed by atoms with Crippen LogP contribution in [-0.2, 0) is 21.7 Å². The Kier molecular flexibility index (Phi) is 8.42. The normalized spacial score (nSPS) is 21.8. The summed E-state index contributed by atoms with van der Waals surface area (Å²) >= 11 is 0. The molecule has 4 atom stereocenters. The molecular weight excluding hydrogens is 635 g/mol. The zero-order chi connectivity index (χ0) is 34.5. The first-order chi connectivity index (χ1) is 23.6. The Morgan fingerprint density at radius 1 is 0.918 bits per heavy atom. The molecule has 9 nitrogen and oxygen atoms in total. The number of methoxy groups -OCH3 is 2. The van der Waals surface area contributed by atoms with Crippen molar-refractivity contribution < 1.29 is 24.1 Å². The summed E-state index contributed by atoms with van der Waals surface area (Å²) in [5.74, 6) is 1.09. The topological polar surface area (TPSA) is 103 Å². The van der Waals surface area contributed by atoms with Crippen molar-refractivity contribution in [3.63, 3.8) is 0 Å². The van der Waals surface area contributed by atoms with Crippen molar-refractivity contribution in [1.29, 1.82) is 0 Å². The van der Waals surface area contributed by atoms with Crippen LogP contribution in [0, 0.1) is 5.92 Å². The molecule has 4 aromatic carbocycles. The predicted octanol–water partition coefficient (Wildman–Crippen LogP) is 5.55. The van der Waals surface area contributed by atoms with Crippen molar-refractivity contribution in [2.45, 2.75) is 50.2 Å². The summed E-state index contributed by atoms with van der Waals surface area (Å²) < 4.78 is 19.5. The van der Waals surface area contributed by atoms with Crippen LogP contribution in [-0.4, -0.2) is 55.8 Å². The van der Waals surface area contributed by atoms with Crippen LogP contribution in [0.25, 0.3) is 16.5 Å². The lowest BCUT2D eigenvalue weighted by Crippen LogP contribution is -2.51. The fourth-order valence-electron chi connectivity index (χ4n) is 8.22. The molecule has 0 aliphatic carbocycles. The molecular formula is C39H41N3O6Si. The van der Waals surface area contributed by atoms with E-state index in [0.717, 1.165) is 28.0 Å². The van der Waals surface area contributed by atoms with Crippen LogP contribution in [0.4, 0.5) is 5.69 Å². The van der Waals surface area contributed by atoms with Gasteiger partial charge >= 0.3 is 0 Å². The average Bonchev–Trinajstić information content (AvgIpc) is 3.54. The molecule has 1 aromatic heterocycles. The number of benzene rings is 4. The van der Waals surface area contributed by atoms with Gasteiger partial charge in [-0.25, -0.2) is 0 Å². The lowest BCUT2D eigenvalue weighted by Gasteiger charge is -2.37. The largest absolute Gasteiger partial charge is 0.497 e. The minimum absolute atomic E-state index is 0.0187. The molecule has 1 spiro atoms. The summed E-state index contributed by atoms with van der Waals surface area (Å²) in [6.45, 7) is 6.99. The number of aliphatic hydroxyl groups is 1. The highest BCUT2D eigenvalue weighted by Crippen LogP contribution is 2.60. The standard InChI is InChI=1S/C39H41N3O6Si/c1-25-36(49(4,5)31-16-13-29(46-2)14-17-31)35(19-20-43)48-39(25)33-22-30(47-3)15-18-34(33)41(38(39)45)24-26-9-8-11-28(21-26)42-37(44)32-12-7-6-10-27(32)23-40-42/h6-18,21-23,25,35-36,43H,19-20,24H2,1-5H3/t25-,35+,36-,39+/m1/s1. The van der Waals surface area contributed by atoms with Gasteiger partial charge in [0.1, 0.15) is 11.5 Å². The summed E-state index contributed by atoms with van der Waals surface area (Å²) in [5.41, 5.74) is 1.54. The highest BCUT2D eigenvalue weighted by Gasteiger charge is 2.66. The third-order valence-corrected chi connectivity index (χ3v) is 15.0. The highest BCUT2D eigenvalue weighted by atomic mass is 28.3. The third-order valence-electron chi connectivity index (χ3n) is 10.6. The Bertz CT molecular complexity index is 2100. The van der Waals surface area contributed by atoms with Gasteiger partial charge in [0.05, 0.1) is 57.9 Å². The van der Waals surface area contributed by atoms with E-state index in [9.17, 15) is 9.90 Å². The molecule has 0 radical (unpaired) electrons. The highest BCUT2D eigenvalue weighted by molar-refractivity contribution is 6.91. The molecule has 3 heterocycles. The SMILES string of the molecule is COc1ccc([Si](C)(C)[C@H]2[C@H](CCO)O[C@@]3(C(=O)N(Cc4cccc(-n5ncc6ccccc6c5=O)c4)c4ccc(OC)cc43)[C@@H]2C)cc1. The second-order valence-corrected chi connectivity index (χ2v) is 18.2. The number of fused-ring (bicyclic) bond motifs is 3. The van der Waals surface area contributed by atoms with E-state index in [4.69, 9.17) is 14.2 Å². The second-order valence-electron chi connectivity index (χ2n) is 13.6. The molecule has 1 amide bonds. The van der Waals surface area contributed by atoms with E-state index in [1.807, 2.05) is 72.8 Å². The number of nitrogens with zero attached hydrogens (tertiary/aromatic N) is 3. The molecule has 1 N–H and O–H groups in total. The van der Waals surface area contributed by atoms with Gasteiger partial charge < -0.3 is 24.2 Å². The molecule has 1 saturated heterocycles. The molecule has 0 saturated carbocycles. The Morgan fingerprint density at radius 2 is 1.65 bits per heavy atom. The average molecular weight is 676 g/mol. The number of rotatable bonds is 9. The van der Waals surface area contributed by atoms with E-state index >= 15 is 4.79 Å². The number of aromatic nitrogens is 2. The maximum atomic E-state index is 15.0. The molecule has 0 unspecified atom stereocenters. The summed E-state index contributed by atoms with van der Waals surface area (Å²) in [6, 6.07) is 28.9. The lowest BCUT2D eigenvalue weighted by atomic mass is 9.82. The van der Waals surface area contributed by atoms with Gasteiger partial charge in [-0.2, -0.15) is 9.78 Å². The first kappa shape index (κ1) is 32.8. The van der Waals surface area contributed by atoms with Crippen LogP contribution < -0.4 is 25.1 Å². The van der Waals surface area contributed by atoms with E-state index in [1.54, 1.807) is 31.4 Å². The van der Waals surface area contributed by atoms with Crippen molar-refractivity contribution in [3.8, 4) is 17.2 Å². The first-order valence-corrected chi connectivity index (χ1v) is 19.7. The molecule has 1 fully saturated rings. The minimum Gasteiger partial charge on any atom is -0.497 e. The molecule has 2 aliphatic heterocycles.